The van der Waals surface area contributed by atoms with E-state index in [-0.39, 0.29) is 11.7 Å². The second-order valence-electron chi connectivity index (χ2n) is 3.48. The van der Waals surface area contributed by atoms with Gasteiger partial charge in [-0.15, -0.1) is 0 Å². The molecule has 0 heterocycles. The zero-order valence-electron chi connectivity index (χ0n) is 8.83. The first-order valence-electron chi connectivity index (χ1n) is 4.64. The van der Waals surface area contributed by atoms with Crippen molar-refractivity contribution in [3.63, 3.8) is 0 Å². The minimum atomic E-state index is 0.0395. The monoisotopic (exact) mass is 287 g/mol. The van der Waals surface area contributed by atoms with Crippen LogP contribution in [0.5, 0.6) is 0 Å². The molecule has 0 aliphatic carbocycles. The fourth-order valence-electron chi connectivity index (χ4n) is 1.27. The van der Waals surface area contributed by atoms with Crippen LogP contribution in [0.1, 0.15) is 11.1 Å². The summed E-state index contributed by atoms with van der Waals surface area (Å²) >= 11 is 7.39. The summed E-state index contributed by atoms with van der Waals surface area (Å²) in [6.45, 7) is 2.67. The van der Waals surface area contributed by atoms with Crippen LogP contribution in [0.4, 0.5) is 0 Å². The third-order valence-corrected chi connectivity index (χ3v) is 3.04. The van der Waals surface area contributed by atoms with Gasteiger partial charge in [-0.2, -0.15) is 12.6 Å². The summed E-state index contributed by atoms with van der Waals surface area (Å²) in [5.41, 5.74) is 2.35. The van der Waals surface area contributed by atoms with Crippen LogP contribution in [-0.4, -0.2) is 23.6 Å². The standard InChI is InChI=1S/C11H14BrNOS/c1-8-3-4-10(12)5-9(8)6-13(2)11(14)7-15/h3-5,15H,6-7H2,1-2H3. The van der Waals surface area contributed by atoms with Gasteiger partial charge in [-0.05, 0) is 30.2 Å². The number of halogens is 1. The van der Waals surface area contributed by atoms with E-state index in [0.717, 1.165) is 10.0 Å². The van der Waals surface area contributed by atoms with E-state index in [2.05, 4.69) is 28.6 Å². The normalized spacial score (nSPS) is 10.1. The molecule has 0 unspecified atom stereocenters. The van der Waals surface area contributed by atoms with Gasteiger partial charge in [-0.1, -0.05) is 22.0 Å². The Labute approximate surface area is 104 Å². The van der Waals surface area contributed by atoms with Crippen molar-refractivity contribution in [3.8, 4) is 0 Å². The van der Waals surface area contributed by atoms with E-state index in [1.54, 1.807) is 11.9 Å². The molecule has 0 aromatic heterocycles. The Morgan fingerprint density at radius 2 is 2.20 bits per heavy atom. The number of hydrogen-bond acceptors (Lipinski definition) is 2. The smallest absolute Gasteiger partial charge is 0.232 e. The van der Waals surface area contributed by atoms with E-state index in [4.69, 9.17) is 0 Å². The largest absolute Gasteiger partial charge is 0.341 e. The van der Waals surface area contributed by atoms with Gasteiger partial charge < -0.3 is 4.90 Å². The molecule has 0 aliphatic heterocycles. The summed E-state index contributed by atoms with van der Waals surface area (Å²) < 4.78 is 1.04. The summed E-state index contributed by atoms with van der Waals surface area (Å²) in [7, 11) is 1.79. The number of hydrogen-bond donors (Lipinski definition) is 1. The van der Waals surface area contributed by atoms with Crippen LogP contribution in [-0.2, 0) is 11.3 Å². The van der Waals surface area contributed by atoms with Crippen LogP contribution < -0.4 is 0 Å². The zero-order valence-corrected chi connectivity index (χ0v) is 11.3. The second kappa shape index (κ2) is 5.56. The molecule has 1 rings (SSSR count). The number of nitrogens with zero attached hydrogens (tertiary/aromatic N) is 1. The fraction of sp³-hybridized carbons (Fsp3) is 0.364. The summed E-state index contributed by atoms with van der Waals surface area (Å²) in [5, 5.41) is 0. The lowest BCUT2D eigenvalue weighted by atomic mass is 10.1. The number of rotatable bonds is 3. The predicted octanol–water partition coefficient (Wildman–Crippen LogP) is 2.65. The quantitative estimate of drug-likeness (QED) is 0.848. The van der Waals surface area contributed by atoms with Gasteiger partial charge >= 0.3 is 0 Å². The number of benzene rings is 1. The van der Waals surface area contributed by atoms with Crippen LogP contribution >= 0.6 is 28.6 Å². The highest BCUT2D eigenvalue weighted by molar-refractivity contribution is 9.10. The number of amides is 1. The van der Waals surface area contributed by atoms with Gasteiger partial charge in [0.05, 0.1) is 5.75 Å². The summed E-state index contributed by atoms with van der Waals surface area (Å²) in [5.74, 6) is 0.293. The van der Waals surface area contributed by atoms with Crippen molar-refractivity contribution < 1.29 is 4.79 Å². The Hall–Kier alpha value is -0.480. The Balaban J connectivity index is 2.80. The Bertz CT molecular complexity index is 368. The molecule has 1 aromatic rings. The van der Waals surface area contributed by atoms with Gasteiger partial charge in [-0.25, -0.2) is 0 Å². The Morgan fingerprint density at radius 3 is 2.80 bits per heavy atom. The molecule has 0 atom stereocenters. The second-order valence-corrected chi connectivity index (χ2v) is 4.71. The molecule has 0 radical (unpaired) electrons. The van der Waals surface area contributed by atoms with E-state index >= 15 is 0 Å². The average Bonchev–Trinajstić information content (AvgIpc) is 2.22. The van der Waals surface area contributed by atoms with Crippen molar-refractivity contribution in [2.45, 2.75) is 13.5 Å². The number of carbonyl (C=O) groups excluding carboxylic acids is 1. The molecule has 0 saturated carbocycles. The van der Waals surface area contributed by atoms with E-state index in [1.807, 2.05) is 25.1 Å². The van der Waals surface area contributed by atoms with Crippen LogP contribution in [0.15, 0.2) is 22.7 Å². The van der Waals surface area contributed by atoms with Crippen molar-refractivity contribution in [1.29, 1.82) is 0 Å². The molecule has 0 fully saturated rings. The molecule has 0 aliphatic rings. The molecule has 2 nitrogen and oxygen atoms in total. The van der Waals surface area contributed by atoms with Gasteiger partial charge in [0.25, 0.3) is 0 Å². The van der Waals surface area contributed by atoms with Crippen molar-refractivity contribution in [3.05, 3.63) is 33.8 Å². The number of thiol groups is 1. The Kier molecular flexibility index (Phi) is 4.67. The minimum absolute atomic E-state index is 0.0395. The lowest BCUT2D eigenvalue weighted by Crippen LogP contribution is -2.27. The molecule has 15 heavy (non-hydrogen) atoms. The average molecular weight is 288 g/mol. The maximum atomic E-state index is 11.4. The lowest BCUT2D eigenvalue weighted by molar-refractivity contribution is -0.127. The molecular weight excluding hydrogens is 274 g/mol. The van der Waals surface area contributed by atoms with E-state index in [0.29, 0.717) is 6.54 Å². The van der Waals surface area contributed by atoms with Crippen molar-refractivity contribution in [2.75, 3.05) is 12.8 Å². The predicted molar refractivity (Wildman–Crippen MR) is 69.2 cm³/mol. The van der Waals surface area contributed by atoms with E-state index < -0.39 is 0 Å². The highest BCUT2D eigenvalue weighted by Gasteiger charge is 2.08. The molecule has 0 bridgehead atoms. The van der Waals surface area contributed by atoms with E-state index in [1.165, 1.54) is 5.56 Å². The van der Waals surface area contributed by atoms with Crippen LogP contribution in [0.25, 0.3) is 0 Å². The molecule has 0 spiro atoms. The van der Waals surface area contributed by atoms with Crippen LogP contribution in [0.3, 0.4) is 0 Å². The van der Waals surface area contributed by atoms with Gasteiger partial charge in [0.15, 0.2) is 0 Å². The first kappa shape index (κ1) is 12.6. The lowest BCUT2D eigenvalue weighted by Gasteiger charge is -2.17. The molecule has 0 saturated heterocycles. The van der Waals surface area contributed by atoms with Crippen LogP contribution in [0, 0.1) is 6.92 Å². The first-order valence-corrected chi connectivity index (χ1v) is 6.07. The first-order chi connectivity index (χ1) is 7.04. The summed E-state index contributed by atoms with van der Waals surface area (Å²) in [6.07, 6.45) is 0. The summed E-state index contributed by atoms with van der Waals surface area (Å²) in [6, 6.07) is 6.08. The third kappa shape index (κ3) is 3.54. The molecular formula is C11H14BrNOS. The molecule has 0 N–H and O–H groups in total. The zero-order chi connectivity index (χ0) is 11.4. The maximum absolute atomic E-state index is 11.4. The molecule has 82 valence electrons. The van der Waals surface area contributed by atoms with E-state index in [9.17, 15) is 4.79 Å². The van der Waals surface area contributed by atoms with Gasteiger partial charge in [0.1, 0.15) is 0 Å². The molecule has 4 heteroatoms. The minimum Gasteiger partial charge on any atom is -0.341 e. The van der Waals surface area contributed by atoms with Crippen LogP contribution in [0.2, 0.25) is 0 Å². The van der Waals surface area contributed by atoms with Crippen molar-refractivity contribution in [2.24, 2.45) is 0 Å². The number of aryl methyl sites for hydroxylation is 1. The maximum Gasteiger partial charge on any atom is 0.232 e. The van der Waals surface area contributed by atoms with Gasteiger partial charge in [-0.3, -0.25) is 4.79 Å². The fourth-order valence-corrected chi connectivity index (χ4v) is 1.92. The summed E-state index contributed by atoms with van der Waals surface area (Å²) in [4.78, 5) is 13.0. The number of carbonyl (C=O) groups is 1. The van der Waals surface area contributed by atoms with Crippen molar-refractivity contribution in [1.82, 2.24) is 4.90 Å². The van der Waals surface area contributed by atoms with Crippen molar-refractivity contribution >= 4 is 34.5 Å². The topological polar surface area (TPSA) is 20.3 Å². The Morgan fingerprint density at radius 1 is 1.53 bits per heavy atom. The molecule has 1 aromatic carbocycles. The highest BCUT2D eigenvalue weighted by atomic mass is 79.9. The SMILES string of the molecule is Cc1ccc(Br)cc1CN(C)C(=O)CS. The highest BCUT2D eigenvalue weighted by Crippen LogP contribution is 2.17. The van der Waals surface area contributed by atoms with Gasteiger partial charge in [0.2, 0.25) is 5.91 Å². The third-order valence-electron chi connectivity index (χ3n) is 2.28. The van der Waals surface area contributed by atoms with Gasteiger partial charge in [0, 0.05) is 18.1 Å². The molecule has 1 amide bonds.